The second-order valence-electron chi connectivity index (χ2n) is 5.95. The van der Waals surface area contributed by atoms with Crippen molar-refractivity contribution < 1.29 is 19.1 Å². The van der Waals surface area contributed by atoms with Crippen LogP contribution in [0.1, 0.15) is 60.3 Å². The Hall–Kier alpha value is -1.84. The minimum Gasteiger partial charge on any atom is -0.465 e. The lowest BCUT2D eigenvalue weighted by molar-refractivity contribution is -0.161. The molecule has 0 N–H and O–H groups in total. The van der Waals surface area contributed by atoms with Gasteiger partial charge in [-0.3, -0.25) is 9.59 Å². The molecule has 0 fully saturated rings. The van der Waals surface area contributed by atoms with E-state index in [1.54, 1.807) is 13.8 Å². The Labute approximate surface area is 146 Å². The maximum Gasteiger partial charge on any atom is 0.320 e. The van der Waals surface area contributed by atoms with Gasteiger partial charge in [0.05, 0.1) is 13.2 Å². The van der Waals surface area contributed by atoms with Gasteiger partial charge in [0.15, 0.2) is 5.92 Å². The summed E-state index contributed by atoms with van der Waals surface area (Å²) < 4.78 is 9.98. The van der Waals surface area contributed by atoms with Gasteiger partial charge in [0.25, 0.3) is 0 Å². The van der Waals surface area contributed by atoms with E-state index in [1.807, 2.05) is 6.92 Å². The molecule has 0 aliphatic heterocycles. The number of esters is 2. The van der Waals surface area contributed by atoms with E-state index in [2.05, 4.69) is 32.6 Å². The SMILES string of the molecule is C=C(C/C(=C/C)CCC=C(C)C)CC(C(=O)OCC)C(=O)OCC. The number of hydrogen-bond donors (Lipinski definition) is 0. The van der Waals surface area contributed by atoms with Crippen LogP contribution in [-0.4, -0.2) is 25.2 Å². The van der Waals surface area contributed by atoms with Gasteiger partial charge in [-0.05, 0) is 60.3 Å². The number of rotatable bonds is 11. The van der Waals surface area contributed by atoms with Crippen molar-refractivity contribution >= 4 is 11.9 Å². The number of carbonyl (C=O) groups excluding carboxylic acids is 2. The maximum absolute atomic E-state index is 12.0. The van der Waals surface area contributed by atoms with Crippen LogP contribution < -0.4 is 0 Å². The summed E-state index contributed by atoms with van der Waals surface area (Å²) in [6.07, 6.45) is 7.15. The second kappa shape index (κ2) is 12.6. The summed E-state index contributed by atoms with van der Waals surface area (Å²) in [5.74, 6) is -2.00. The first-order valence-corrected chi connectivity index (χ1v) is 8.62. The normalized spacial score (nSPS) is 11.2. The summed E-state index contributed by atoms with van der Waals surface area (Å²) in [7, 11) is 0. The summed E-state index contributed by atoms with van der Waals surface area (Å²) in [5.41, 5.74) is 3.39. The highest BCUT2D eigenvalue weighted by molar-refractivity contribution is 5.95. The zero-order chi connectivity index (χ0) is 18.5. The third-order valence-corrected chi connectivity index (χ3v) is 3.54. The van der Waals surface area contributed by atoms with E-state index in [-0.39, 0.29) is 19.6 Å². The van der Waals surface area contributed by atoms with Crippen LogP contribution in [-0.2, 0) is 19.1 Å². The average Bonchev–Trinajstić information content (AvgIpc) is 2.51. The van der Waals surface area contributed by atoms with Crippen LogP contribution in [0.3, 0.4) is 0 Å². The lowest BCUT2D eigenvalue weighted by Gasteiger charge is -2.16. The number of ether oxygens (including phenoxy) is 2. The van der Waals surface area contributed by atoms with E-state index in [4.69, 9.17) is 9.47 Å². The van der Waals surface area contributed by atoms with E-state index in [0.29, 0.717) is 6.42 Å². The monoisotopic (exact) mass is 336 g/mol. The third-order valence-electron chi connectivity index (χ3n) is 3.54. The first-order chi connectivity index (χ1) is 11.3. The molecule has 4 heteroatoms. The molecule has 0 bridgehead atoms. The van der Waals surface area contributed by atoms with Gasteiger partial charge in [0, 0.05) is 0 Å². The zero-order valence-electron chi connectivity index (χ0n) is 15.8. The van der Waals surface area contributed by atoms with Crippen molar-refractivity contribution in [3.8, 4) is 0 Å². The molecule has 0 heterocycles. The van der Waals surface area contributed by atoms with Crippen LogP contribution in [0.2, 0.25) is 0 Å². The highest BCUT2D eigenvalue weighted by atomic mass is 16.6. The predicted molar refractivity (Wildman–Crippen MR) is 97.6 cm³/mol. The van der Waals surface area contributed by atoms with Gasteiger partial charge in [0.1, 0.15) is 0 Å². The summed E-state index contributed by atoms with van der Waals surface area (Å²) in [4.78, 5) is 24.0. The first-order valence-electron chi connectivity index (χ1n) is 8.62. The minimum atomic E-state index is -0.923. The van der Waals surface area contributed by atoms with E-state index in [0.717, 1.165) is 18.4 Å². The molecule has 136 valence electrons. The topological polar surface area (TPSA) is 52.6 Å². The Kier molecular flexibility index (Phi) is 11.6. The lowest BCUT2D eigenvalue weighted by atomic mass is 9.93. The van der Waals surface area contributed by atoms with Crippen LogP contribution in [0.25, 0.3) is 0 Å². The average molecular weight is 336 g/mol. The Bertz CT molecular complexity index is 464. The number of hydrogen-bond acceptors (Lipinski definition) is 4. The summed E-state index contributed by atoms with van der Waals surface area (Å²) in [5, 5.41) is 0. The highest BCUT2D eigenvalue weighted by Crippen LogP contribution is 2.23. The fourth-order valence-corrected chi connectivity index (χ4v) is 2.31. The molecule has 4 nitrogen and oxygen atoms in total. The lowest BCUT2D eigenvalue weighted by Crippen LogP contribution is -2.28. The van der Waals surface area contributed by atoms with Crippen molar-refractivity contribution in [3.05, 3.63) is 35.5 Å². The molecule has 0 aromatic carbocycles. The summed E-state index contributed by atoms with van der Waals surface area (Å²) >= 11 is 0. The summed E-state index contributed by atoms with van der Waals surface area (Å²) in [6.45, 7) is 14.1. The zero-order valence-corrected chi connectivity index (χ0v) is 15.8. The fraction of sp³-hybridized carbons (Fsp3) is 0.600. The van der Waals surface area contributed by atoms with Crippen LogP contribution >= 0.6 is 0 Å². The van der Waals surface area contributed by atoms with Gasteiger partial charge >= 0.3 is 11.9 Å². The first kappa shape index (κ1) is 22.2. The molecule has 0 aliphatic rings. The van der Waals surface area contributed by atoms with Crippen molar-refractivity contribution in [2.45, 2.75) is 60.3 Å². The Morgan fingerprint density at radius 3 is 2.04 bits per heavy atom. The second-order valence-corrected chi connectivity index (χ2v) is 5.95. The molecule has 0 spiro atoms. The molecule has 0 radical (unpaired) electrons. The summed E-state index contributed by atoms with van der Waals surface area (Å²) in [6, 6.07) is 0. The number of allylic oxidation sites excluding steroid dienone is 5. The molecule has 0 saturated heterocycles. The van der Waals surface area contributed by atoms with Crippen molar-refractivity contribution in [1.29, 1.82) is 0 Å². The molecule has 0 unspecified atom stereocenters. The highest BCUT2D eigenvalue weighted by Gasteiger charge is 2.30. The molecule has 0 rings (SSSR count). The molecule has 0 amide bonds. The van der Waals surface area contributed by atoms with E-state index in [9.17, 15) is 9.59 Å². The van der Waals surface area contributed by atoms with E-state index < -0.39 is 17.9 Å². The molecule has 0 saturated carbocycles. The van der Waals surface area contributed by atoms with Gasteiger partial charge in [-0.15, -0.1) is 0 Å². The van der Waals surface area contributed by atoms with Crippen LogP contribution in [0.15, 0.2) is 35.5 Å². The molecular formula is C20H32O4. The molecule has 24 heavy (non-hydrogen) atoms. The van der Waals surface area contributed by atoms with Gasteiger partial charge in [0.2, 0.25) is 0 Å². The van der Waals surface area contributed by atoms with Crippen LogP contribution in [0, 0.1) is 5.92 Å². The van der Waals surface area contributed by atoms with Gasteiger partial charge in [-0.25, -0.2) is 0 Å². The Morgan fingerprint density at radius 2 is 1.62 bits per heavy atom. The molecule has 0 aromatic rings. The Balaban J connectivity index is 4.76. The van der Waals surface area contributed by atoms with Crippen molar-refractivity contribution in [3.63, 3.8) is 0 Å². The van der Waals surface area contributed by atoms with Crippen molar-refractivity contribution in [2.24, 2.45) is 5.92 Å². The molecule has 0 atom stereocenters. The van der Waals surface area contributed by atoms with E-state index in [1.165, 1.54) is 11.1 Å². The predicted octanol–water partition coefficient (Wildman–Crippen LogP) is 4.76. The van der Waals surface area contributed by atoms with Gasteiger partial charge < -0.3 is 9.47 Å². The van der Waals surface area contributed by atoms with Crippen LogP contribution in [0.4, 0.5) is 0 Å². The van der Waals surface area contributed by atoms with Crippen molar-refractivity contribution in [1.82, 2.24) is 0 Å². The smallest absolute Gasteiger partial charge is 0.320 e. The van der Waals surface area contributed by atoms with E-state index >= 15 is 0 Å². The standard InChI is InChI=1S/C20H32O4/c1-7-17(12-10-11-15(4)5)13-16(6)14-18(19(21)23-8-2)20(22)24-9-3/h7,11,18H,6,8-10,12-14H2,1-5H3/b17-7+. The molecule has 0 aliphatic carbocycles. The van der Waals surface area contributed by atoms with Crippen molar-refractivity contribution in [2.75, 3.05) is 13.2 Å². The fourth-order valence-electron chi connectivity index (χ4n) is 2.31. The van der Waals surface area contributed by atoms with Crippen LogP contribution in [0.5, 0.6) is 0 Å². The molecular weight excluding hydrogens is 304 g/mol. The largest absolute Gasteiger partial charge is 0.465 e. The molecule has 0 aromatic heterocycles. The quantitative estimate of drug-likeness (QED) is 0.310. The van der Waals surface area contributed by atoms with Gasteiger partial charge in [-0.2, -0.15) is 0 Å². The van der Waals surface area contributed by atoms with Gasteiger partial charge in [-0.1, -0.05) is 35.5 Å². The number of carbonyl (C=O) groups is 2. The Morgan fingerprint density at radius 1 is 1.08 bits per heavy atom. The maximum atomic E-state index is 12.0. The third kappa shape index (κ3) is 9.33. The minimum absolute atomic E-state index is 0.240.